The Balaban J connectivity index is 1.83. The van der Waals surface area contributed by atoms with E-state index in [1.54, 1.807) is 0 Å². The van der Waals surface area contributed by atoms with Crippen molar-refractivity contribution in [3.8, 4) is 5.75 Å². The normalized spacial score (nSPS) is 12.0. The number of halogens is 1. The summed E-state index contributed by atoms with van der Waals surface area (Å²) in [5.74, 6) is -0.0770. The Morgan fingerprint density at radius 3 is 2.57 bits per heavy atom. The molecule has 5 nitrogen and oxygen atoms in total. The maximum Gasteiger partial charge on any atom is 0.258 e. The Bertz CT molecular complexity index is 680. The first-order valence-corrected chi connectivity index (χ1v) is 7.53. The summed E-state index contributed by atoms with van der Waals surface area (Å²) in [4.78, 5) is 11.9. The van der Waals surface area contributed by atoms with Crippen molar-refractivity contribution in [2.24, 2.45) is 7.05 Å². The standard InChI is InChI=1S/C17H22FN3O2/c1-11(9-16-12(2)20-21(4)13(16)3)19-17(22)10-23-15-7-5-14(18)6-8-15/h5-8,11H,9-10H2,1-4H3,(H,19,22)/t11-/m1/s1. The van der Waals surface area contributed by atoms with E-state index in [1.165, 1.54) is 24.3 Å². The average molecular weight is 319 g/mol. The van der Waals surface area contributed by atoms with E-state index >= 15 is 0 Å². The lowest BCUT2D eigenvalue weighted by Crippen LogP contribution is -2.37. The van der Waals surface area contributed by atoms with Gasteiger partial charge < -0.3 is 10.1 Å². The number of nitrogens with zero attached hydrogens (tertiary/aromatic N) is 2. The first-order valence-electron chi connectivity index (χ1n) is 7.53. The van der Waals surface area contributed by atoms with Crippen molar-refractivity contribution >= 4 is 5.91 Å². The van der Waals surface area contributed by atoms with Crippen LogP contribution < -0.4 is 10.1 Å². The van der Waals surface area contributed by atoms with E-state index in [2.05, 4.69) is 10.4 Å². The zero-order valence-corrected chi connectivity index (χ0v) is 13.9. The smallest absolute Gasteiger partial charge is 0.258 e. The molecule has 0 aliphatic heterocycles. The summed E-state index contributed by atoms with van der Waals surface area (Å²) in [7, 11) is 1.91. The van der Waals surface area contributed by atoms with Gasteiger partial charge in [-0.1, -0.05) is 0 Å². The van der Waals surface area contributed by atoms with Crippen LogP contribution in [0.5, 0.6) is 5.75 Å². The Labute approximate surface area is 135 Å². The van der Waals surface area contributed by atoms with Crippen molar-refractivity contribution in [2.75, 3.05) is 6.61 Å². The van der Waals surface area contributed by atoms with Gasteiger partial charge in [0.2, 0.25) is 0 Å². The van der Waals surface area contributed by atoms with E-state index in [9.17, 15) is 9.18 Å². The molecule has 0 radical (unpaired) electrons. The highest BCUT2D eigenvalue weighted by Gasteiger charge is 2.15. The molecule has 1 aromatic carbocycles. The van der Waals surface area contributed by atoms with Crippen LogP contribution in [0.3, 0.4) is 0 Å². The van der Waals surface area contributed by atoms with E-state index in [1.807, 2.05) is 32.5 Å². The monoisotopic (exact) mass is 319 g/mol. The molecular formula is C17H22FN3O2. The lowest BCUT2D eigenvalue weighted by atomic mass is 10.1. The van der Waals surface area contributed by atoms with Crippen LogP contribution in [0.2, 0.25) is 0 Å². The van der Waals surface area contributed by atoms with Crippen molar-refractivity contribution in [1.82, 2.24) is 15.1 Å². The highest BCUT2D eigenvalue weighted by atomic mass is 19.1. The lowest BCUT2D eigenvalue weighted by Gasteiger charge is -2.14. The average Bonchev–Trinajstić information content (AvgIpc) is 2.73. The molecule has 1 N–H and O–H groups in total. The predicted octanol–water partition coefficient (Wildman–Crippen LogP) is 2.30. The van der Waals surface area contributed by atoms with Crippen LogP contribution in [0.15, 0.2) is 24.3 Å². The number of carbonyl (C=O) groups is 1. The highest BCUT2D eigenvalue weighted by molar-refractivity contribution is 5.77. The van der Waals surface area contributed by atoms with E-state index in [0.29, 0.717) is 12.2 Å². The van der Waals surface area contributed by atoms with Gasteiger partial charge in [0.25, 0.3) is 5.91 Å². The zero-order valence-electron chi connectivity index (χ0n) is 13.9. The highest BCUT2D eigenvalue weighted by Crippen LogP contribution is 2.14. The minimum atomic E-state index is -0.336. The summed E-state index contributed by atoms with van der Waals surface area (Å²) in [6.45, 7) is 5.83. The molecule has 2 rings (SSSR count). The van der Waals surface area contributed by atoms with Gasteiger partial charge in [-0.3, -0.25) is 9.48 Å². The summed E-state index contributed by atoms with van der Waals surface area (Å²) >= 11 is 0. The van der Waals surface area contributed by atoms with E-state index in [0.717, 1.165) is 17.0 Å². The summed E-state index contributed by atoms with van der Waals surface area (Å²) in [5, 5.41) is 7.27. The molecule has 0 bridgehead atoms. The van der Waals surface area contributed by atoms with Gasteiger partial charge in [-0.05, 0) is 57.0 Å². The molecule has 6 heteroatoms. The number of aromatic nitrogens is 2. The number of ether oxygens (including phenoxy) is 1. The van der Waals surface area contributed by atoms with Crippen LogP contribution in [0.4, 0.5) is 4.39 Å². The molecule has 0 fully saturated rings. The minimum absolute atomic E-state index is 0.0269. The number of amides is 1. The second kappa shape index (κ2) is 7.26. The van der Waals surface area contributed by atoms with Crippen LogP contribution in [0.1, 0.15) is 23.9 Å². The van der Waals surface area contributed by atoms with Crippen molar-refractivity contribution < 1.29 is 13.9 Å². The summed E-state index contributed by atoms with van der Waals surface area (Å²) in [5.41, 5.74) is 3.24. The van der Waals surface area contributed by atoms with E-state index in [4.69, 9.17) is 4.74 Å². The predicted molar refractivity (Wildman–Crippen MR) is 85.9 cm³/mol. The number of benzene rings is 1. The van der Waals surface area contributed by atoms with Gasteiger partial charge in [0.05, 0.1) is 5.69 Å². The molecule has 1 heterocycles. The third-order valence-electron chi connectivity index (χ3n) is 3.76. The molecule has 0 aliphatic rings. The molecule has 0 spiro atoms. The van der Waals surface area contributed by atoms with Gasteiger partial charge in [-0.25, -0.2) is 4.39 Å². The molecule has 0 saturated heterocycles. The summed E-state index contributed by atoms with van der Waals surface area (Å²) < 4.78 is 20.0. The van der Waals surface area contributed by atoms with E-state index < -0.39 is 0 Å². The van der Waals surface area contributed by atoms with Gasteiger partial charge in [0.1, 0.15) is 11.6 Å². The number of aryl methyl sites for hydroxylation is 2. The van der Waals surface area contributed by atoms with Crippen LogP contribution in [-0.2, 0) is 18.3 Å². The quantitative estimate of drug-likeness (QED) is 0.889. The third kappa shape index (κ3) is 4.55. The molecule has 2 aromatic rings. The number of carbonyl (C=O) groups excluding carboxylic acids is 1. The second-order valence-electron chi connectivity index (χ2n) is 5.69. The van der Waals surface area contributed by atoms with Gasteiger partial charge in [0, 0.05) is 18.8 Å². The maximum absolute atomic E-state index is 12.8. The zero-order chi connectivity index (χ0) is 17.0. The van der Waals surface area contributed by atoms with Crippen molar-refractivity contribution in [2.45, 2.75) is 33.2 Å². The first-order chi connectivity index (χ1) is 10.9. The largest absolute Gasteiger partial charge is 0.484 e. The maximum atomic E-state index is 12.8. The van der Waals surface area contributed by atoms with E-state index in [-0.39, 0.29) is 24.4 Å². The second-order valence-corrected chi connectivity index (χ2v) is 5.69. The van der Waals surface area contributed by atoms with Crippen LogP contribution in [0.25, 0.3) is 0 Å². The van der Waals surface area contributed by atoms with Crippen molar-refractivity contribution in [3.63, 3.8) is 0 Å². The fourth-order valence-corrected chi connectivity index (χ4v) is 2.47. The summed E-state index contributed by atoms with van der Waals surface area (Å²) in [6, 6.07) is 5.55. The molecule has 1 amide bonds. The minimum Gasteiger partial charge on any atom is -0.484 e. The number of rotatable bonds is 6. The Kier molecular flexibility index (Phi) is 5.36. The van der Waals surface area contributed by atoms with Gasteiger partial charge in [-0.2, -0.15) is 5.10 Å². The lowest BCUT2D eigenvalue weighted by molar-refractivity contribution is -0.123. The Morgan fingerprint density at radius 1 is 1.35 bits per heavy atom. The fraction of sp³-hybridized carbons (Fsp3) is 0.412. The van der Waals surface area contributed by atoms with Gasteiger partial charge in [0.15, 0.2) is 6.61 Å². The molecule has 1 aromatic heterocycles. The molecule has 1 atom stereocenters. The van der Waals surface area contributed by atoms with Gasteiger partial charge >= 0.3 is 0 Å². The Morgan fingerprint density at radius 2 is 2.00 bits per heavy atom. The van der Waals surface area contributed by atoms with Crippen molar-refractivity contribution in [3.05, 3.63) is 47.0 Å². The van der Waals surface area contributed by atoms with Crippen molar-refractivity contribution in [1.29, 1.82) is 0 Å². The third-order valence-corrected chi connectivity index (χ3v) is 3.76. The van der Waals surface area contributed by atoms with Crippen LogP contribution in [0, 0.1) is 19.7 Å². The van der Waals surface area contributed by atoms with Crippen LogP contribution in [-0.4, -0.2) is 28.3 Å². The van der Waals surface area contributed by atoms with Gasteiger partial charge in [-0.15, -0.1) is 0 Å². The summed E-state index contributed by atoms with van der Waals surface area (Å²) in [6.07, 6.45) is 0.716. The molecule has 124 valence electrons. The van der Waals surface area contributed by atoms with Crippen LogP contribution >= 0.6 is 0 Å². The molecule has 0 unspecified atom stereocenters. The first kappa shape index (κ1) is 17.0. The molecule has 0 saturated carbocycles. The number of nitrogens with one attached hydrogen (secondary N) is 1. The fourth-order valence-electron chi connectivity index (χ4n) is 2.47. The number of hydrogen-bond acceptors (Lipinski definition) is 3. The molecular weight excluding hydrogens is 297 g/mol. The topological polar surface area (TPSA) is 56.2 Å². The number of hydrogen-bond donors (Lipinski definition) is 1. The Hall–Kier alpha value is -2.37. The molecule has 0 aliphatic carbocycles. The molecule has 23 heavy (non-hydrogen) atoms. The SMILES string of the molecule is Cc1nn(C)c(C)c1C[C@@H](C)NC(=O)COc1ccc(F)cc1.